The molecule has 1 aromatic rings. The molecule has 3 amide bonds. The molecule has 4 rings (SSSR count). The minimum atomic E-state index is -0.578. The smallest absolute Gasteiger partial charge is 0.317 e. The van der Waals surface area contributed by atoms with E-state index in [4.69, 9.17) is 4.84 Å². The number of hydrogen-bond donors (Lipinski definition) is 2. The molecule has 8 nitrogen and oxygen atoms in total. The van der Waals surface area contributed by atoms with Crippen LogP contribution in [0.5, 0.6) is 0 Å². The number of likely N-dealkylation sites (tertiary alicyclic amines) is 1. The molecule has 8 heteroatoms. The van der Waals surface area contributed by atoms with Crippen LogP contribution in [0.3, 0.4) is 0 Å². The summed E-state index contributed by atoms with van der Waals surface area (Å²) in [5, 5.41) is 9.92. The fraction of sp³-hybridized carbons (Fsp3) is 0.579. The van der Waals surface area contributed by atoms with Crippen molar-refractivity contribution in [2.45, 2.75) is 56.6 Å². The molecule has 1 aromatic heterocycles. The van der Waals surface area contributed by atoms with Gasteiger partial charge in [-0.05, 0) is 25.0 Å². The van der Waals surface area contributed by atoms with Crippen molar-refractivity contribution in [1.82, 2.24) is 15.2 Å². The third-order valence-corrected chi connectivity index (χ3v) is 5.56. The minimum absolute atomic E-state index is 0.0318. The molecule has 2 aliphatic heterocycles. The summed E-state index contributed by atoms with van der Waals surface area (Å²) in [6, 6.07) is 3.77. The Kier molecular flexibility index (Phi) is 4.96. The zero-order valence-corrected chi connectivity index (χ0v) is 15.3. The van der Waals surface area contributed by atoms with E-state index in [1.807, 2.05) is 0 Å². The molecule has 2 fully saturated rings. The van der Waals surface area contributed by atoms with E-state index in [0.717, 1.165) is 12.8 Å². The number of amides is 3. The van der Waals surface area contributed by atoms with Crippen molar-refractivity contribution in [3.63, 3.8) is 0 Å². The van der Waals surface area contributed by atoms with Crippen molar-refractivity contribution in [3.8, 4) is 0 Å². The standard InChI is InChI=1S/C19H25N5O3/c25-17(21-15-7-4-9-20-12-15)16-11-19(27-23-16)8-10-24(13-19)18(26)22-14-5-2-1-3-6-14/h4,7,9,12,14H,1-3,5-6,8,10-11,13H2,(H,21,25)(H,22,26). The summed E-state index contributed by atoms with van der Waals surface area (Å²) in [7, 11) is 0. The number of aromatic nitrogens is 1. The molecule has 1 saturated heterocycles. The van der Waals surface area contributed by atoms with E-state index in [2.05, 4.69) is 20.8 Å². The van der Waals surface area contributed by atoms with Crippen LogP contribution in [0.1, 0.15) is 44.9 Å². The van der Waals surface area contributed by atoms with E-state index in [1.54, 1.807) is 29.4 Å². The summed E-state index contributed by atoms with van der Waals surface area (Å²) in [5.41, 5.74) is 0.394. The lowest BCUT2D eigenvalue weighted by atomic mass is 9.95. The Balaban J connectivity index is 1.29. The van der Waals surface area contributed by atoms with Gasteiger partial charge in [0, 0.05) is 31.6 Å². The molecule has 1 saturated carbocycles. The van der Waals surface area contributed by atoms with Crippen LogP contribution in [0.2, 0.25) is 0 Å². The first kappa shape index (κ1) is 17.8. The number of carbonyl (C=O) groups excluding carboxylic acids is 2. The molecule has 1 aliphatic carbocycles. The Morgan fingerprint density at radius 3 is 2.89 bits per heavy atom. The molecule has 3 heterocycles. The first-order valence-electron chi connectivity index (χ1n) is 9.65. The normalized spacial score (nSPS) is 25.2. The highest BCUT2D eigenvalue weighted by Crippen LogP contribution is 2.34. The third-order valence-electron chi connectivity index (χ3n) is 5.56. The van der Waals surface area contributed by atoms with Gasteiger partial charge in [-0.2, -0.15) is 0 Å². The van der Waals surface area contributed by atoms with Crippen LogP contribution in [0, 0.1) is 0 Å². The lowest BCUT2D eigenvalue weighted by molar-refractivity contribution is -0.110. The zero-order valence-electron chi connectivity index (χ0n) is 15.3. The molecule has 1 unspecified atom stereocenters. The predicted octanol–water partition coefficient (Wildman–Crippen LogP) is 2.28. The van der Waals surface area contributed by atoms with Crippen molar-refractivity contribution in [2.75, 3.05) is 18.4 Å². The van der Waals surface area contributed by atoms with Gasteiger partial charge in [0.25, 0.3) is 5.91 Å². The van der Waals surface area contributed by atoms with Crippen molar-refractivity contribution >= 4 is 23.3 Å². The lowest BCUT2D eigenvalue weighted by Crippen LogP contribution is -2.46. The number of urea groups is 1. The number of anilines is 1. The van der Waals surface area contributed by atoms with Gasteiger partial charge in [0.15, 0.2) is 5.60 Å². The first-order chi connectivity index (χ1) is 13.1. The maximum Gasteiger partial charge on any atom is 0.317 e. The van der Waals surface area contributed by atoms with E-state index in [9.17, 15) is 9.59 Å². The number of carbonyl (C=O) groups is 2. The number of nitrogens with one attached hydrogen (secondary N) is 2. The first-order valence-corrected chi connectivity index (χ1v) is 9.65. The Morgan fingerprint density at radius 1 is 1.26 bits per heavy atom. The van der Waals surface area contributed by atoms with Gasteiger partial charge in [-0.15, -0.1) is 0 Å². The molecule has 27 heavy (non-hydrogen) atoms. The van der Waals surface area contributed by atoms with Gasteiger partial charge in [0.05, 0.1) is 18.4 Å². The van der Waals surface area contributed by atoms with E-state index >= 15 is 0 Å². The number of rotatable bonds is 3. The van der Waals surface area contributed by atoms with Gasteiger partial charge in [-0.25, -0.2) is 4.79 Å². The highest BCUT2D eigenvalue weighted by molar-refractivity contribution is 6.43. The van der Waals surface area contributed by atoms with Gasteiger partial charge < -0.3 is 20.4 Å². The van der Waals surface area contributed by atoms with Crippen LogP contribution in [-0.2, 0) is 9.63 Å². The number of hydrogen-bond acceptors (Lipinski definition) is 5. The number of nitrogens with zero attached hydrogens (tertiary/aromatic N) is 3. The van der Waals surface area contributed by atoms with Gasteiger partial charge >= 0.3 is 6.03 Å². The van der Waals surface area contributed by atoms with Crippen molar-refractivity contribution < 1.29 is 14.4 Å². The summed E-state index contributed by atoms with van der Waals surface area (Å²) < 4.78 is 0. The second-order valence-electron chi connectivity index (χ2n) is 7.64. The van der Waals surface area contributed by atoms with Crippen LogP contribution in [0.4, 0.5) is 10.5 Å². The van der Waals surface area contributed by atoms with Gasteiger partial charge in [0.2, 0.25) is 0 Å². The molecule has 0 aromatic carbocycles. The fourth-order valence-electron chi connectivity index (χ4n) is 4.03. The highest BCUT2D eigenvalue weighted by atomic mass is 16.7. The molecule has 1 spiro atoms. The van der Waals surface area contributed by atoms with E-state index in [1.165, 1.54) is 19.3 Å². The SMILES string of the molecule is O=C(Nc1cccnc1)C1=NOC2(CCN(C(=O)NC3CCCCC3)C2)C1. The average Bonchev–Trinajstić information content (AvgIpc) is 3.31. The van der Waals surface area contributed by atoms with E-state index in [0.29, 0.717) is 37.3 Å². The third kappa shape index (κ3) is 4.04. The summed E-state index contributed by atoms with van der Waals surface area (Å²) in [4.78, 5) is 36.3. The molecule has 1 atom stereocenters. The summed E-state index contributed by atoms with van der Waals surface area (Å²) in [5.74, 6) is -0.287. The van der Waals surface area contributed by atoms with Gasteiger partial charge in [0.1, 0.15) is 5.71 Å². The van der Waals surface area contributed by atoms with Gasteiger partial charge in [-0.1, -0.05) is 24.4 Å². The Morgan fingerprint density at radius 2 is 2.11 bits per heavy atom. The van der Waals surface area contributed by atoms with Crippen molar-refractivity contribution in [3.05, 3.63) is 24.5 Å². The largest absolute Gasteiger partial charge is 0.386 e. The number of oxime groups is 1. The molecule has 2 N–H and O–H groups in total. The Hall–Kier alpha value is -2.64. The summed E-state index contributed by atoms with van der Waals surface area (Å²) in [6.45, 7) is 1.07. The second kappa shape index (κ2) is 7.54. The van der Waals surface area contributed by atoms with Crippen LogP contribution in [0.15, 0.2) is 29.7 Å². The maximum absolute atomic E-state index is 12.5. The Bertz CT molecular complexity index is 732. The second-order valence-corrected chi connectivity index (χ2v) is 7.64. The molecule has 0 radical (unpaired) electrons. The van der Waals surface area contributed by atoms with Crippen molar-refractivity contribution in [1.29, 1.82) is 0 Å². The molecular weight excluding hydrogens is 346 g/mol. The van der Waals surface area contributed by atoms with Crippen LogP contribution in [-0.4, -0.2) is 52.3 Å². The topological polar surface area (TPSA) is 95.9 Å². The molecular formula is C19H25N5O3. The predicted molar refractivity (Wildman–Crippen MR) is 100 cm³/mol. The van der Waals surface area contributed by atoms with Gasteiger partial charge in [-0.3, -0.25) is 9.78 Å². The molecule has 0 bridgehead atoms. The number of pyridine rings is 1. The highest BCUT2D eigenvalue weighted by Gasteiger charge is 2.48. The summed E-state index contributed by atoms with van der Waals surface area (Å²) >= 11 is 0. The van der Waals surface area contributed by atoms with Crippen LogP contribution >= 0.6 is 0 Å². The minimum Gasteiger partial charge on any atom is -0.386 e. The van der Waals surface area contributed by atoms with E-state index < -0.39 is 5.60 Å². The fourth-order valence-corrected chi connectivity index (χ4v) is 4.03. The molecule has 144 valence electrons. The lowest BCUT2D eigenvalue weighted by Gasteiger charge is -2.27. The van der Waals surface area contributed by atoms with Crippen LogP contribution in [0.25, 0.3) is 0 Å². The average molecular weight is 371 g/mol. The molecule has 3 aliphatic rings. The van der Waals surface area contributed by atoms with Crippen LogP contribution < -0.4 is 10.6 Å². The summed E-state index contributed by atoms with van der Waals surface area (Å²) in [6.07, 6.45) is 10.1. The monoisotopic (exact) mass is 371 g/mol. The maximum atomic E-state index is 12.5. The Labute approximate surface area is 158 Å². The van der Waals surface area contributed by atoms with Crippen molar-refractivity contribution in [2.24, 2.45) is 5.16 Å². The zero-order chi connectivity index (χ0) is 18.7. The quantitative estimate of drug-likeness (QED) is 0.852. The van der Waals surface area contributed by atoms with E-state index in [-0.39, 0.29) is 18.0 Å².